The molecule has 0 spiro atoms. The molecule has 0 aromatic heterocycles. The molecule has 0 fully saturated rings. The number of aliphatic hydroxyl groups is 1. The van der Waals surface area contributed by atoms with Gasteiger partial charge in [0.2, 0.25) is 0 Å². The zero-order valence-electron chi connectivity index (χ0n) is 34.7. The van der Waals surface area contributed by atoms with Gasteiger partial charge in [0, 0.05) is 31.0 Å². The number of carbonyl (C=O) groups is 2. The smallest absolute Gasteiger partial charge is 0.472 e. The number of hydrogen-bond acceptors (Lipinski definition) is 10. The van der Waals surface area contributed by atoms with Crippen molar-refractivity contribution in [2.75, 3.05) is 47.5 Å². The molecule has 0 aliphatic heterocycles. The maximum atomic E-state index is 13.1. The van der Waals surface area contributed by atoms with Crippen LogP contribution in [0.5, 0.6) is 17.2 Å². The fourth-order valence-corrected chi connectivity index (χ4v) is 18.6. The summed E-state index contributed by atoms with van der Waals surface area (Å²) in [5.74, 6) is 0.417. The largest absolute Gasteiger partial charge is 0.543 e. The van der Waals surface area contributed by atoms with E-state index in [-0.39, 0.29) is 25.9 Å². The summed E-state index contributed by atoms with van der Waals surface area (Å²) in [5, 5.41) is 10.1. The van der Waals surface area contributed by atoms with E-state index in [1.54, 1.807) is 12.1 Å². The van der Waals surface area contributed by atoms with Gasteiger partial charge >= 0.3 is 19.8 Å². The quantitative estimate of drug-likeness (QED) is 0.0341. The summed E-state index contributed by atoms with van der Waals surface area (Å²) >= 11 is 0. The predicted octanol–water partition coefficient (Wildman–Crippen LogP) is 8.61. The molecule has 0 radical (unpaired) electrons. The fraction of sp³-hybridized carbons (Fsp3) is 0.784. The maximum Gasteiger partial charge on any atom is 0.472 e. The van der Waals surface area contributed by atoms with Crippen molar-refractivity contribution < 1.29 is 56.0 Å². The van der Waals surface area contributed by atoms with E-state index in [1.807, 2.05) is 27.2 Å². The van der Waals surface area contributed by atoms with E-state index < -0.39 is 55.7 Å². The zero-order valence-corrected chi connectivity index (χ0v) is 37.6. The minimum Gasteiger partial charge on any atom is -0.543 e. The number of carbonyl (C=O) groups excluding carboxylic acids is 2. The highest BCUT2D eigenvalue weighted by atomic mass is 31.2. The second-order valence-corrected chi connectivity index (χ2v) is 29.0. The lowest BCUT2D eigenvalue weighted by atomic mass is 10.2. The van der Waals surface area contributed by atoms with Crippen LogP contribution in [0.1, 0.15) is 102 Å². The van der Waals surface area contributed by atoms with Gasteiger partial charge in [-0.2, -0.15) is 0 Å². The normalized spacial score (nSPS) is 14.8. The molecule has 0 saturated carbocycles. The van der Waals surface area contributed by atoms with Crippen molar-refractivity contribution in [3.63, 3.8) is 0 Å². The molecule has 302 valence electrons. The minimum atomic E-state index is -4.37. The monoisotopic (exact) mass is 792 g/mol. The topological polar surface area (TPSA) is 147 Å². The highest BCUT2D eigenvalue weighted by Crippen LogP contribution is 2.47. The second kappa shape index (κ2) is 20.8. The first kappa shape index (κ1) is 48.2. The molecule has 1 aromatic carbocycles. The number of likely N-dealkylation sites (N-methyl/N-ethyl adjacent to an activating group) is 1. The minimum absolute atomic E-state index is 0.00769. The van der Waals surface area contributed by atoms with E-state index in [4.69, 9.17) is 27.4 Å². The van der Waals surface area contributed by atoms with Crippen LogP contribution in [0.2, 0.25) is 33.2 Å². The SMILES string of the molecule is CC(C)[Si](Oc1cc(OC(=O)CCCC(=O)OC[C@@H](O)COP(=O)(O)OCC[N+](C)(C)C)cc(O[Si](C(C)C)(C(C)C)C(C)C)c1)(C(C)C)C(C)C. The number of benzene rings is 1. The Labute approximate surface area is 316 Å². The molecule has 2 atom stereocenters. The molecule has 1 rings (SSSR count). The van der Waals surface area contributed by atoms with Crippen LogP contribution in [0.4, 0.5) is 0 Å². The predicted molar refractivity (Wildman–Crippen MR) is 211 cm³/mol. The van der Waals surface area contributed by atoms with Crippen LogP contribution < -0.4 is 13.6 Å². The number of ether oxygens (including phenoxy) is 2. The molecule has 0 amide bonds. The Kier molecular flexibility index (Phi) is 19.3. The molecule has 0 bridgehead atoms. The van der Waals surface area contributed by atoms with E-state index in [9.17, 15) is 24.2 Å². The first-order valence-electron chi connectivity index (χ1n) is 18.8. The van der Waals surface area contributed by atoms with Gasteiger partial charge in [-0.15, -0.1) is 0 Å². The summed E-state index contributed by atoms with van der Waals surface area (Å²) in [4.78, 5) is 35.2. The first-order chi connectivity index (χ1) is 23.8. The summed E-state index contributed by atoms with van der Waals surface area (Å²) in [6, 6.07) is 5.48. The molecule has 0 aliphatic rings. The van der Waals surface area contributed by atoms with Gasteiger partial charge in [0.05, 0.1) is 27.7 Å². The lowest BCUT2D eigenvalue weighted by Crippen LogP contribution is -2.51. The van der Waals surface area contributed by atoms with Crippen LogP contribution in [0, 0.1) is 0 Å². The van der Waals surface area contributed by atoms with Crippen molar-refractivity contribution >= 4 is 36.4 Å². The number of phosphoric acid groups is 1. The lowest BCUT2D eigenvalue weighted by molar-refractivity contribution is -0.870. The molecule has 0 saturated heterocycles. The molecule has 15 heteroatoms. The number of phosphoric ester groups is 1. The number of hydrogen-bond donors (Lipinski definition) is 2. The summed E-state index contributed by atoms with van der Waals surface area (Å²) in [7, 11) is -3.34. The third kappa shape index (κ3) is 14.8. The van der Waals surface area contributed by atoms with Gasteiger partial charge in [-0.1, -0.05) is 83.1 Å². The highest BCUT2D eigenvalue weighted by molar-refractivity contribution is 7.47. The van der Waals surface area contributed by atoms with Crippen molar-refractivity contribution in [2.24, 2.45) is 0 Å². The third-order valence-corrected chi connectivity index (χ3v) is 22.7. The van der Waals surface area contributed by atoms with Gasteiger partial charge in [0.1, 0.15) is 43.1 Å². The van der Waals surface area contributed by atoms with E-state index in [2.05, 4.69) is 83.1 Å². The Morgan fingerprint density at radius 1 is 0.673 bits per heavy atom. The Balaban J connectivity index is 3.01. The molecule has 1 unspecified atom stereocenters. The number of aliphatic hydroxyl groups excluding tert-OH is 1. The van der Waals surface area contributed by atoms with Gasteiger partial charge in [-0.25, -0.2) is 4.57 Å². The molecule has 0 heterocycles. The molecule has 52 heavy (non-hydrogen) atoms. The van der Waals surface area contributed by atoms with Crippen LogP contribution in [0.25, 0.3) is 0 Å². The van der Waals surface area contributed by atoms with E-state index in [1.165, 1.54) is 0 Å². The van der Waals surface area contributed by atoms with Crippen molar-refractivity contribution in [3.05, 3.63) is 18.2 Å². The Bertz CT molecular complexity index is 1220. The van der Waals surface area contributed by atoms with E-state index >= 15 is 0 Å². The summed E-state index contributed by atoms with van der Waals surface area (Å²) < 4.78 is 47.2. The summed E-state index contributed by atoms with van der Waals surface area (Å²) in [5.41, 5.74) is 2.00. The number of quaternary nitrogens is 1. The van der Waals surface area contributed by atoms with Crippen LogP contribution in [0.15, 0.2) is 18.2 Å². The molecule has 0 aliphatic carbocycles. The summed E-state index contributed by atoms with van der Waals surface area (Å²) in [6.07, 6.45) is -1.32. The molecule has 1 aromatic rings. The number of rotatable bonds is 24. The van der Waals surface area contributed by atoms with E-state index in [0.29, 0.717) is 61.5 Å². The molecule has 12 nitrogen and oxygen atoms in total. The average Bonchev–Trinajstić information content (AvgIpc) is 2.98. The van der Waals surface area contributed by atoms with Gasteiger partial charge in [0.15, 0.2) is 0 Å². The van der Waals surface area contributed by atoms with Crippen molar-refractivity contribution in [3.8, 4) is 17.2 Å². The standard InChI is InChI=1S/C37H70NO11PSi2/c1-26(2)51(27(3)4,28(5)6)48-34-21-33(22-35(23-34)49-52(29(7)8,30(9)10)31(11)12)47-37(41)18-16-17-36(40)44-24-32(39)25-46-50(42,43)45-20-19-38(13,14)15/h21-23,26-32,39H,16-20,24-25H2,1-15H3/p+1/t32-/m1/s1. The van der Waals surface area contributed by atoms with E-state index in [0.717, 1.165) is 0 Å². The van der Waals surface area contributed by atoms with Gasteiger partial charge in [0.25, 0.3) is 16.6 Å². The molecular weight excluding hydrogens is 722 g/mol. The first-order valence-corrected chi connectivity index (χ1v) is 24.6. The van der Waals surface area contributed by atoms with Crippen molar-refractivity contribution in [1.29, 1.82) is 0 Å². The van der Waals surface area contributed by atoms with Crippen LogP contribution >= 0.6 is 7.82 Å². The van der Waals surface area contributed by atoms with Gasteiger partial charge < -0.3 is 32.8 Å². The van der Waals surface area contributed by atoms with Crippen molar-refractivity contribution in [1.82, 2.24) is 0 Å². The van der Waals surface area contributed by atoms with Crippen molar-refractivity contribution in [2.45, 2.75) is 142 Å². The third-order valence-electron chi connectivity index (χ3n) is 9.73. The average molecular weight is 793 g/mol. The number of nitrogens with zero attached hydrogens (tertiary/aromatic N) is 1. The second-order valence-electron chi connectivity index (χ2n) is 16.8. The zero-order chi connectivity index (χ0) is 40.2. The lowest BCUT2D eigenvalue weighted by Gasteiger charge is -2.43. The van der Waals surface area contributed by atoms with Gasteiger partial charge in [-0.3, -0.25) is 18.6 Å². The van der Waals surface area contributed by atoms with Crippen LogP contribution in [-0.4, -0.2) is 96.7 Å². The number of esters is 2. The molecular formula is C37H71NO11PSi2+. The Hall–Kier alpha value is -1.78. The molecule has 2 N–H and O–H groups in total. The van der Waals surface area contributed by atoms with Gasteiger partial charge in [-0.05, 0) is 39.7 Å². The van der Waals surface area contributed by atoms with Crippen LogP contribution in [-0.2, 0) is 27.9 Å². The highest BCUT2D eigenvalue weighted by Gasteiger charge is 2.48. The fourth-order valence-electron chi connectivity index (χ4n) is 7.35. The maximum absolute atomic E-state index is 13.1. The summed E-state index contributed by atoms with van der Waals surface area (Å²) in [6.45, 7) is 26.1. The Morgan fingerprint density at radius 2 is 1.08 bits per heavy atom. The van der Waals surface area contributed by atoms with Crippen LogP contribution in [0.3, 0.4) is 0 Å². The Morgan fingerprint density at radius 3 is 1.48 bits per heavy atom.